The zero-order valence-electron chi connectivity index (χ0n) is 13.2. The van der Waals surface area contributed by atoms with Crippen molar-refractivity contribution in [2.75, 3.05) is 11.4 Å². The fraction of sp³-hybridized carbons (Fsp3) is 0.167. The van der Waals surface area contributed by atoms with Gasteiger partial charge in [-0.3, -0.25) is 4.40 Å². The van der Waals surface area contributed by atoms with Crippen LogP contribution in [0.5, 0.6) is 0 Å². The summed E-state index contributed by atoms with van der Waals surface area (Å²) in [6, 6.07) is 8.13. The van der Waals surface area contributed by atoms with E-state index in [-0.39, 0.29) is 0 Å². The van der Waals surface area contributed by atoms with Gasteiger partial charge in [0.05, 0.1) is 5.52 Å². The third-order valence-corrected chi connectivity index (χ3v) is 3.65. The Bertz CT molecular complexity index is 891. The number of aromatic nitrogens is 4. The van der Waals surface area contributed by atoms with Gasteiger partial charge in [0.2, 0.25) is 0 Å². The Morgan fingerprint density at radius 2 is 2.13 bits per heavy atom. The molecule has 0 N–H and O–H groups in total. The first-order valence-corrected chi connectivity index (χ1v) is 7.61. The lowest BCUT2D eigenvalue weighted by Crippen LogP contribution is -2.24. The molecule has 3 rings (SSSR count). The zero-order valence-corrected chi connectivity index (χ0v) is 13.2. The molecule has 23 heavy (non-hydrogen) atoms. The van der Waals surface area contributed by atoms with Crippen LogP contribution >= 0.6 is 0 Å². The molecule has 0 atom stereocenters. The van der Waals surface area contributed by atoms with Gasteiger partial charge in [-0.25, -0.2) is 0 Å². The van der Waals surface area contributed by atoms with Crippen LogP contribution in [0.2, 0.25) is 0 Å². The Morgan fingerprint density at radius 1 is 1.30 bits per heavy atom. The van der Waals surface area contributed by atoms with E-state index in [0.717, 1.165) is 35.4 Å². The summed E-state index contributed by atoms with van der Waals surface area (Å²) in [6.45, 7) is 10.7. The molecular formula is C18H19N5. The van der Waals surface area contributed by atoms with E-state index in [0.29, 0.717) is 5.78 Å². The van der Waals surface area contributed by atoms with Gasteiger partial charge in [-0.05, 0) is 30.7 Å². The second kappa shape index (κ2) is 6.44. The van der Waals surface area contributed by atoms with Crippen molar-refractivity contribution in [2.45, 2.75) is 13.3 Å². The average Bonchev–Trinajstić information content (AvgIpc) is 3.06. The average molecular weight is 305 g/mol. The summed E-state index contributed by atoms with van der Waals surface area (Å²) in [4.78, 5) is 6.87. The van der Waals surface area contributed by atoms with Crippen molar-refractivity contribution in [3.63, 3.8) is 0 Å². The van der Waals surface area contributed by atoms with Crippen LogP contribution in [0.25, 0.3) is 16.7 Å². The highest BCUT2D eigenvalue weighted by Crippen LogP contribution is 2.28. The third kappa shape index (κ3) is 2.61. The highest BCUT2D eigenvalue weighted by Gasteiger charge is 2.16. The van der Waals surface area contributed by atoms with Gasteiger partial charge in [0.15, 0.2) is 0 Å². The second-order valence-corrected chi connectivity index (χ2v) is 5.14. The molecular weight excluding hydrogens is 286 g/mol. The molecule has 2 aromatic heterocycles. The van der Waals surface area contributed by atoms with Crippen LogP contribution in [0.1, 0.15) is 13.3 Å². The summed E-state index contributed by atoms with van der Waals surface area (Å²) >= 11 is 0. The van der Waals surface area contributed by atoms with Gasteiger partial charge in [0, 0.05) is 17.6 Å². The highest BCUT2D eigenvalue weighted by molar-refractivity contribution is 5.92. The third-order valence-electron chi connectivity index (χ3n) is 3.65. The lowest BCUT2D eigenvalue weighted by atomic mass is 10.2. The summed E-state index contributed by atoms with van der Waals surface area (Å²) in [5.74, 6) is 1.44. The largest absolute Gasteiger partial charge is 0.326 e. The molecule has 0 aliphatic carbocycles. The van der Waals surface area contributed by atoms with Crippen LogP contribution in [0, 0.1) is 0 Å². The Balaban J connectivity index is 2.31. The summed E-state index contributed by atoms with van der Waals surface area (Å²) < 4.78 is 1.90. The van der Waals surface area contributed by atoms with Gasteiger partial charge in [0.25, 0.3) is 5.78 Å². The number of para-hydroxylation sites is 1. The Kier molecular flexibility index (Phi) is 4.19. The van der Waals surface area contributed by atoms with E-state index in [9.17, 15) is 0 Å². The smallest absolute Gasteiger partial charge is 0.257 e. The molecule has 0 fully saturated rings. The number of allylic oxidation sites excluding steroid dienone is 3. The van der Waals surface area contributed by atoms with Crippen LogP contribution in [-0.2, 0) is 0 Å². The van der Waals surface area contributed by atoms with Crippen LogP contribution < -0.4 is 4.90 Å². The maximum atomic E-state index is 4.73. The molecule has 0 radical (unpaired) electrons. The quantitative estimate of drug-likeness (QED) is 0.651. The van der Waals surface area contributed by atoms with Gasteiger partial charge in [0.1, 0.15) is 12.1 Å². The van der Waals surface area contributed by atoms with Gasteiger partial charge in [-0.15, -0.1) is 10.2 Å². The maximum absolute atomic E-state index is 4.73. The number of hydrogen-bond donors (Lipinski definition) is 0. The molecule has 5 heteroatoms. The molecule has 0 aliphatic heterocycles. The van der Waals surface area contributed by atoms with Crippen LogP contribution in [-0.4, -0.2) is 26.1 Å². The predicted molar refractivity (Wildman–Crippen MR) is 94.4 cm³/mol. The van der Waals surface area contributed by atoms with E-state index in [4.69, 9.17) is 4.98 Å². The Hall–Kier alpha value is -2.95. The fourth-order valence-electron chi connectivity index (χ4n) is 2.68. The number of benzene rings is 1. The summed E-state index contributed by atoms with van der Waals surface area (Å²) in [5, 5.41) is 9.14. The van der Waals surface area contributed by atoms with E-state index in [2.05, 4.69) is 41.2 Å². The molecule has 0 bridgehead atoms. The monoisotopic (exact) mass is 305 g/mol. The number of nitrogens with zero attached hydrogens (tertiary/aromatic N) is 5. The molecule has 0 amide bonds. The number of rotatable bonds is 6. The van der Waals surface area contributed by atoms with Crippen molar-refractivity contribution in [1.29, 1.82) is 0 Å². The highest BCUT2D eigenvalue weighted by atomic mass is 15.3. The van der Waals surface area contributed by atoms with E-state index < -0.39 is 0 Å². The number of hydrogen-bond acceptors (Lipinski definition) is 4. The lowest BCUT2D eigenvalue weighted by Gasteiger charge is -2.25. The molecule has 116 valence electrons. The van der Waals surface area contributed by atoms with Crippen molar-refractivity contribution in [3.05, 3.63) is 67.7 Å². The van der Waals surface area contributed by atoms with Crippen molar-refractivity contribution in [2.24, 2.45) is 0 Å². The molecule has 0 aliphatic rings. The van der Waals surface area contributed by atoms with Crippen molar-refractivity contribution in [1.82, 2.24) is 19.6 Å². The topological polar surface area (TPSA) is 46.3 Å². The summed E-state index contributed by atoms with van der Waals surface area (Å²) in [6.07, 6.45) is 8.19. The van der Waals surface area contributed by atoms with E-state index in [1.807, 2.05) is 34.8 Å². The Morgan fingerprint density at radius 3 is 2.87 bits per heavy atom. The standard InChI is InChI=1S/C18H19N5/c1-4-9-14(6-3)22(12-5-2)17-15-10-7-8-11-16(15)23-13-19-21-18(23)20-17/h4,6-11,13H,1,3,5,12H2,2H3/b14-9+. The van der Waals surface area contributed by atoms with Crippen LogP contribution in [0.4, 0.5) is 5.82 Å². The zero-order chi connectivity index (χ0) is 16.2. The number of anilines is 1. The van der Waals surface area contributed by atoms with Gasteiger partial charge in [-0.1, -0.05) is 38.3 Å². The first kappa shape index (κ1) is 15.0. The lowest BCUT2D eigenvalue weighted by molar-refractivity contribution is 0.849. The molecule has 0 saturated carbocycles. The van der Waals surface area contributed by atoms with Crippen molar-refractivity contribution < 1.29 is 0 Å². The SMILES string of the molecule is C=C/C=C(\C=C)N(CCC)c1nc2nncn2c2ccccc12. The molecule has 0 saturated heterocycles. The Labute approximate surface area is 135 Å². The molecule has 3 aromatic rings. The number of fused-ring (bicyclic) bond motifs is 3. The fourth-order valence-corrected chi connectivity index (χ4v) is 2.68. The minimum atomic E-state index is 0.585. The molecule has 0 spiro atoms. The second-order valence-electron chi connectivity index (χ2n) is 5.14. The van der Waals surface area contributed by atoms with E-state index in [1.54, 1.807) is 12.4 Å². The molecule has 2 heterocycles. The molecule has 0 unspecified atom stereocenters. The molecule has 1 aromatic carbocycles. The first-order valence-electron chi connectivity index (χ1n) is 7.61. The van der Waals surface area contributed by atoms with Crippen LogP contribution in [0.3, 0.4) is 0 Å². The normalized spacial score (nSPS) is 11.8. The summed E-state index contributed by atoms with van der Waals surface area (Å²) in [7, 11) is 0. The first-order chi connectivity index (χ1) is 11.3. The van der Waals surface area contributed by atoms with Gasteiger partial charge in [-0.2, -0.15) is 4.98 Å². The van der Waals surface area contributed by atoms with Crippen molar-refractivity contribution in [3.8, 4) is 0 Å². The summed E-state index contributed by atoms with van der Waals surface area (Å²) in [5.41, 5.74) is 1.99. The minimum absolute atomic E-state index is 0.585. The maximum Gasteiger partial charge on any atom is 0.257 e. The predicted octanol–water partition coefficient (Wildman–Crippen LogP) is 3.75. The molecule has 5 nitrogen and oxygen atoms in total. The minimum Gasteiger partial charge on any atom is -0.326 e. The van der Waals surface area contributed by atoms with E-state index in [1.165, 1.54) is 0 Å². The van der Waals surface area contributed by atoms with Gasteiger partial charge < -0.3 is 4.90 Å². The van der Waals surface area contributed by atoms with Crippen LogP contribution in [0.15, 0.2) is 67.7 Å². The van der Waals surface area contributed by atoms with Crippen molar-refractivity contribution >= 4 is 22.5 Å². The van der Waals surface area contributed by atoms with E-state index >= 15 is 0 Å². The van der Waals surface area contributed by atoms with Gasteiger partial charge >= 0.3 is 0 Å².